The van der Waals surface area contributed by atoms with Crippen LogP contribution < -0.4 is 20.7 Å². The summed E-state index contributed by atoms with van der Waals surface area (Å²) in [5, 5.41) is 3.24. The Bertz CT molecular complexity index is 941. The summed E-state index contributed by atoms with van der Waals surface area (Å²) in [6.07, 6.45) is 0. The molecule has 0 bridgehead atoms. The number of hydrogen-bond acceptors (Lipinski definition) is 8. The molecule has 2 heterocycles. The zero-order valence-corrected chi connectivity index (χ0v) is 17.2. The number of rotatable bonds is 7. The molecule has 0 radical (unpaired) electrons. The van der Waals surface area contributed by atoms with Crippen LogP contribution >= 0.6 is 0 Å². The SMILES string of the molecule is COc1ccc(CNc2nc(N)nc(CN3CCN(c4ccccc4)CC3)n2)cc1. The first-order valence-electron chi connectivity index (χ1n) is 10.1. The standard InChI is InChI=1S/C22H27N7O/c1-30-19-9-7-17(8-10-19)15-24-22-26-20(25-21(23)27-22)16-28-11-13-29(14-12-28)18-5-3-2-4-6-18/h2-10H,11-16H2,1H3,(H3,23,24,25,26,27). The molecule has 8 nitrogen and oxygen atoms in total. The fraction of sp³-hybridized carbons (Fsp3) is 0.318. The molecule has 1 aliphatic heterocycles. The number of hydrogen-bond donors (Lipinski definition) is 2. The molecule has 0 spiro atoms. The number of nitrogens with two attached hydrogens (primary N) is 1. The molecule has 0 atom stereocenters. The number of benzene rings is 2. The number of nitrogens with zero attached hydrogens (tertiary/aromatic N) is 5. The molecule has 1 aromatic heterocycles. The van der Waals surface area contributed by atoms with Crippen molar-refractivity contribution >= 4 is 17.6 Å². The molecule has 30 heavy (non-hydrogen) atoms. The first-order chi connectivity index (χ1) is 14.7. The van der Waals surface area contributed by atoms with Gasteiger partial charge in [-0.15, -0.1) is 0 Å². The number of aromatic nitrogens is 3. The minimum Gasteiger partial charge on any atom is -0.497 e. The highest BCUT2D eigenvalue weighted by Crippen LogP contribution is 2.17. The Morgan fingerprint density at radius 1 is 0.933 bits per heavy atom. The number of piperazine rings is 1. The van der Waals surface area contributed by atoms with Crippen molar-refractivity contribution in [3.63, 3.8) is 0 Å². The van der Waals surface area contributed by atoms with E-state index in [4.69, 9.17) is 10.5 Å². The smallest absolute Gasteiger partial charge is 0.228 e. The van der Waals surface area contributed by atoms with Gasteiger partial charge in [0.15, 0.2) is 0 Å². The highest BCUT2D eigenvalue weighted by Gasteiger charge is 2.18. The third kappa shape index (κ3) is 5.15. The maximum absolute atomic E-state index is 5.92. The fourth-order valence-electron chi connectivity index (χ4n) is 3.52. The number of ether oxygens (including phenoxy) is 1. The van der Waals surface area contributed by atoms with Gasteiger partial charge in [-0.1, -0.05) is 30.3 Å². The molecule has 1 aliphatic rings. The molecule has 4 rings (SSSR count). The number of nitrogen functional groups attached to an aromatic ring is 1. The Hall–Kier alpha value is -3.39. The van der Waals surface area contributed by atoms with E-state index in [0.29, 0.717) is 24.9 Å². The lowest BCUT2D eigenvalue weighted by Gasteiger charge is -2.35. The van der Waals surface area contributed by atoms with Crippen LogP contribution in [0.1, 0.15) is 11.4 Å². The van der Waals surface area contributed by atoms with Crippen LogP contribution in [0.25, 0.3) is 0 Å². The molecular formula is C22H27N7O. The van der Waals surface area contributed by atoms with Gasteiger partial charge in [-0.3, -0.25) is 4.90 Å². The molecule has 0 unspecified atom stereocenters. The summed E-state index contributed by atoms with van der Waals surface area (Å²) >= 11 is 0. The van der Waals surface area contributed by atoms with E-state index in [2.05, 4.69) is 54.3 Å². The van der Waals surface area contributed by atoms with Crippen LogP contribution in [0.3, 0.4) is 0 Å². The molecule has 0 aliphatic carbocycles. The maximum Gasteiger partial charge on any atom is 0.228 e. The minimum absolute atomic E-state index is 0.236. The van der Waals surface area contributed by atoms with Gasteiger partial charge in [0.2, 0.25) is 11.9 Å². The first-order valence-corrected chi connectivity index (χ1v) is 10.1. The van der Waals surface area contributed by atoms with Crippen molar-refractivity contribution in [3.8, 4) is 5.75 Å². The van der Waals surface area contributed by atoms with Crippen LogP contribution in [0.2, 0.25) is 0 Å². The number of anilines is 3. The quantitative estimate of drug-likeness (QED) is 0.619. The molecule has 1 saturated heterocycles. The molecule has 1 fully saturated rings. The summed E-state index contributed by atoms with van der Waals surface area (Å²) in [4.78, 5) is 17.9. The Morgan fingerprint density at radius 2 is 1.67 bits per heavy atom. The van der Waals surface area contributed by atoms with Gasteiger partial charge in [0.1, 0.15) is 11.6 Å². The Labute approximate surface area is 176 Å². The van der Waals surface area contributed by atoms with E-state index in [-0.39, 0.29) is 5.95 Å². The zero-order chi connectivity index (χ0) is 20.8. The summed E-state index contributed by atoms with van der Waals surface area (Å²) < 4.78 is 5.19. The highest BCUT2D eigenvalue weighted by atomic mass is 16.5. The fourth-order valence-corrected chi connectivity index (χ4v) is 3.52. The molecule has 2 aromatic carbocycles. The summed E-state index contributed by atoms with van der Waals surface area (Å²) in [6, 6.07) is 18.4. The Morgan fingerprint density at radius 3 is 2.37 bits per heavy atom. The normalized spacial score (nSPS) is 14.5. The molecular weight excluding hydrogens is 378 g/mol. The molecule has 0 amide bonds. The summed E-state index contributed by atoms with van der Waals surface area (Å²) in [6.45, 7) is 5.12. The van der Waals surface area contributed by atoms with E-state index >= 15 is 0 Å². The highest BCUT2D eigenvalue weighted by molar-refractivity contribution is 5.46. The summed E-state index contributed by atoms with van der Waals surface area (Å²) in [7, 11) is 1.66. The van der Waals surface area contributed by atoms with Gasteiger partial charge in [-0.25, -0.2) is 0 Å². The lowest BCUT2D eigenvalue weighted by Crippen LogP contribution is -2.46. The lowest BCUT2D eigenvalue weighted by atomic mass is 10.2. The lowest BCUT2D eigenvalue weighted by molar-refractivity contribution is 0.244. The number of methoxy groups -OCH3 is 1. The van der Waals surface area contributed by atoms with Crippen LogP contribution in [-0.2, 0) is 13.1 Å². The van der Waals surface area contributed by atoms with E-state index in [1.54, 1.807) is 7.11 Å². The van der Waals surface area contributed by atoms with Crippen LogP contribution in [-0.4, -0.2) is 53.1 Å². The third-order valence-electron chi connectivity index (χ3n) is 5.17. The van der Waals surface area contributed by atoms with E-state index < -0.39 is 0 Å². The average Bonchev–Trinajstić information content (AvgIpc) is 2.79. The zero-order valence-electron chi connectivity index (χ0n) is 17.2. The minimum atomic E-state index is 0.236. The van der Waals surface area contributed by atoms with Crippen molar-refractivity contribution in [2.45, 2.75) is 13.1 Å². The molecule has 0 saturated carbocycles. The molecule has 8 heteroatoms. The summed E-state index contributed by atoms with van der Waals surface area (Å²) in [5.74, 6) is 2.25. The van der Waals surface area contributed by atoms with Crippen LogP contribution in [0.4, 0.5) is 17.6 Å². The van der Waals surface area contributed by atoms with E-state index in [0.717, 1.165) is 37.5 Å². The first kappa shape index (κ1) is 19.9. The van der Waals surface area contributed by atoms with Gasteiger partial charge in [0.05, 0.1) is 13.7 Å². The van der Waals surface area contributed by atoms with Gasteiger partial charge in [0.25, 0.3) is 0 Å². The van der Waals surface area contributed by atoms with Crippen LogP contribution in [0.15, 0.2) is 54.6 Å². The van der Waals surface area contributed by atoms with Crippen molar-refractivity contribution in [1.82, 2.24) is 19.9 Å². The molecule has 3 N–H and O–H groups in total. The Kier molecular flexibility index (Phi) is 6.24. The Balaban J connectivity index is 1.33. The average molecular weight is 406 g/mol. The largest absolute Gasteiger partial charge is 0.497 e. The van der Waals surface area contributed by atoms with Gasteiger partial charge < -0.3 is 20.7 Å². The predicted molar refractivity (Wildman–Crippen MR) is 118 cm³/mol. The van der Waals surface area contributed by atoms with Gasteiger partial charge in [-0.2, -0.15) is 15.0 Å². The van der Waals surface area contributed by atoms with Crippen LogP contribution in [0, 0.1) is 0 Å². The monoisotopic (exact) mass is 405 g/mol. The second-order valence-corrected chi connectivity index (χ2v) is 7.23. The van der Waals surface area contributed by atoms with Crippen molar-refractivity contribution in [2.24, 2.45) is 0 Å². The molecule has 3 aromatic rings. The number of nitrogens with one attached hydrogen (secondary N) is 1. The topological polar surface area (TPSA) is 92.4 Å². The van der Waals surface area contributed by atoms with Gasteiger partial charge in [0, 0.05) is 38.4 Å². The van der Waals surface area contributed by atoms with Crippen LogP contribution in [0.5, 0.6) is 5.75 Å². The second-order valence-electron chi connectivity index (χ2n) is 7.23. The van der Waals surface area contributed by atoms with E-state index in [9.17, 15) is 0 Å². The van der Waals surface area contributed by atoms with E-state index in [1.165, 1.54) is 5.69 Å². The molecule has 156 valence electrons. The van der Waals surface area contributed by atoms with Gasteiger partial charge >= 0.3 is 0 Å². The summed E-state index contributed by atoms with van der Waals surface area (Å²) in [5.41, 5.74) is 8.30. The third-order valence-corrected chi connectivity index (χ3v) is 5.17. The predicted octanol–water partition coefficient (Wildman–Crippen LogP) is 2.40. The maximum atomic E-state index is 5.92. The number of para-hydroxylation sites is 1. The van der Waals surface area contributed by atoms with Crippen molar-refractivity contribution in [3.05, 3.63) is 66.0 Å². The van der Waals surface area contributed by atoms with Gasteiger partial charge in [-0.05, 0) is 29.8 Å². The van der Waals surface area contributed by atoms with Crippen molar-refractivity contribution in [2.75, 3.05) is 49.2 Å². The van der Waals surface area contributed by atoms with E-state index in [1.807, 2.05) is 30.3 Å². The second kappa shape index (κ2) is 9.41. The van der Waals surface area contributed by atoms with Crippen molar-refractivity contribution < 1.29 is 4.74 Å². The van der Waals surface area contributed by atoms with Crippen molar-refractivity contribution in [1.29, 1.82) is 0 Å².